The van der Waals surface area contributed by atoms with Crippen LogP contribution in [-0.2, 0) is 4.74 Å². The van der Waals surface area contributed by atoms with E-state index in [1.807, 2.05) is 0 Å². The minimum absolute atomic E-state index is 0.0466. The van der Waals surface area contributed by atoms with Gasteiger partial charge in [0.2, 0.25) is 11.7 Å². The van der Waals surface area contributed by atoms with Gasteiger partial charge in [-0.15, -0.1) is 0 Å². The zero-order chi connectivity index (χ0) is 22.4. The third-order valence-electron chi connectivity index (χ3n) is 5.15. The molecule has 0 spiro atoms. The van der Waals surface area contributed by atoms with Gasteiger partial charge in [0.05, 0.1) is 13.7 Å². The summed E-state index contributed by atoms with van der Waals surface area (Å²) in [6.07, 6.45) is -7.78. The van der Waals surface area contributed by atoms with Gasteiger partial charge in [0.1, 0.15) is 58.0 Å². The summed E-state index contributed by atoms with van der Waals surface area (Å²) >= 11 is 0. The first-order valence-corrected chi connectivity index (χ1v) is 9.23. The minimum Gasteiger partial charge on any atom is -0.507 e. The van der Waals surface area contributed by atoms with E-state index in [2.05, 4.69) is 0 Å². The predicted molar refractivity (Wildman–Crippen MR) is 104 cm³/mol. The number of fused-ring (bicyclic) bond motifs is 2. The zero-order valence-corrected chi connectivity index (χ0v) is 16.1. The Morgan fingerprint density at radius 1 is 1.00 bits per heavy atom. The lowest BCUT2D eigenvalue weighted by atomic mass is 9.99. The third-order valence-corrected chi connectivity index (χ3v) is 5.15. The second kappa shape index (κ2) is 7.87. The number of hydrogen-bond donors (Lipinski definition) is 6. The maximum atomic E-state index is 13.2. The van der Waals surface area contributed by atoms with E-state index in [-0.39, 0.29) is 33.4 Å². The maximum absolute atomic E-state index is 13.2. The maximum Gasteiger partial charge on any atom is 0.229 e. The van der Waals surface area contributed by atoms with Gasteiger partial charge >= 0.3 is 0 Å². The van der Waals surface area contributed by atoms with Crippen molar-refractivity contribution in [2.45, 2.75) is 30.7 Å². The summed E-state index contributed by atoms with van der Waals surface area (Å²) in [5.41, 5.74) is -1.05. The molecule has 0 bridgehead atoms. The van der Waals surface area contributed by atoms with E-state index in [1.54, 1.807) is 0 Å². The Bertz CT molecular complexity index is 1190. The van der Waals surface area contributed by atoms with Crippen LogP contribution in [0.5, 0.6) is 23.0 Å². The number of rotatable bonds is 4. The van der Waals surface area contributed by atoms with Crippen molar-refractivity contribution in [1.29, 1.82) is 0 Å². The van der Waals surface area contributed by atoms with Crippen LogP contribution in [0.15, 0.2) is 33.5 Å². The Hall–Kier alpha value is -3.09. The molecule has 1 fully saturated rings. The average Bonchev–Trinajstić information content (AvgIpc) is 2.75. The Morgan fingerprint density at radius 3 is 2.42 bits per heavy atom. The van der Waals surface area contributed by atoms with Gasteiger partial charge in [0.15, 0.2) is 11.3 Å². The fourth-order valence-electron chi connectivity index (χ4n) is 3.50. The summed E-state index contributed by atoms with van der Waals surface area (Å²) in [5.74, 6) is -0.784. The highest BCUT2D eigenvalue weighted by molar-refractivity contribution is 5.98. The van der Waals surface area contributed by atoms with Crippen molar-refractivity contribution in [3.8, 4) is 23.0 Å². The van der Waals surface area contributed by atoms with Gasteiger partial charge in [-0.05, 0) is 12.1 Å². The van der Waals surface area contributed by atoms with E-state index < -0.39 is 54.2 Å². The van der Waals surface area contributed by atoms with Gasteiger partial charge in [0.25, 0.3) is 0 Å². The molecule has 1 aromatic heterocycles. The van der Waals surface area contributed by atoms with Crippen LogP contribution in [0.1, 0.15) is 0 Å². The molecule has 0 aliphatic carbocycles. The van der Waals surface area contributed by atoms with E-state index in [0.717, 1.165) is 0 Å². The van der Waals surface area contributed by atoms with Crippen molar-refractivity contribution in [3.63, 3.8) is 0 Å². The van der Waals surface area contributed by atoms with Crippen molar-refractivity contribution in [1.82, 2.24) is 0 Å². The van der Waals surface area contributed by atoms with Crippen LogP contribution in [0.3, 0.4) is 0 Å². The SMILES string of the molecule is COc1cc(O)c2c(=O)c3c(O[C@H]4O[C@@H](CO)[C@H](O)[C@@H](O)[C@@H]4O)ccc(O)c3oc2c1. The quantitative estimate of drug-likeness (QED) is 0.292. The number of benzene rings is 2. The first-order valence-electron chi connectivity index (χ1n) is 9.23. The molecule has 0 amide bonds. The first-order chi connectivity index (χ1) is 14.8. The molecule has 0 radical (unpaired) electrons. The molecule has 2 heterocycles. The fourth-order valence-corrected chi connectivity index (χ4v) is 3.50. The summed E-state index contributed by atoms with van der Waals surface area (Å²) in [4.78, 5) is 13.2. The number of phenols is 2. The number of aliphatic hydroxyl groups excluding tert-OH is 4. The van der Waals surface area contributed by atoms with Crippen molar-refractivity contribution in [2.75, 3.05) is 13.7 Å². The number of aliphatic hydroxyl groups is 4. The van der Waals surface area contributed by atoms with Crippen LogP contribution in [0.25, 0.3) is 21.9 Å². The normalized spacial score (nSPS) is 26.3. The lowest BCUT2D eigenvalue weighted by Crippen LogP contribution is -2.60. The van der Waals surface area contributed by atoms with Crippen LogP contribution in [0.4, 0.5) is 0 Å². The fraction of sp³-hybridized carbons (Fsp3) is 0.350. The molecule has 6 N–H and O–H groups in total. The smallest absolute Gasteiger partial charge is 0.229 e. The van der Waals surface area contributed by atoms with Gasteiger partial charge in [-0.3, -0.25) is 4.79 Å². The first kappa shape index (κ1) is 21.2. The lowest BCUT2D eigenvalue weighted by molar-refractivity contribution is -0.277. The second-order valence-corrected chi connectivity index (χ2v) is 7.05. The van der Waals surface area contributed by atoms with Crippen molar-refractivity contribution in [2.24, 2.45) is 0 Å². The third kappa shape index (κ3) is 3.42. The van der Waals surface area contributed by atoms with Crippen molar-refractivity contribution < 1.29 is 49.3 Å². The summed E-state index contributed by atoms with van der Waals surface area (Å²) in [7, 11) is 1.36. The van der Waals surface area contributed by atoms with Crippen LogP contribution in [0.2, 0.25) is 0 Å². The molecule has 1 saturated heterocycles. The van der Waals surface area contributed by atoms with Crippen LogP contribution in [-0.4, -0.2) is 75.1 Å². The largest absolute Gasteiger partial charge is 0.507 e. The van der Waals surface area contributed by atoms with Gasteiger partial charge in [-0.2, -0.15) is 0 Å². The standard InChI is InChI=1S/C20H20O11/c1-28-7-4-9(23)13-11(5-7)29-19-8(22)2-3-10(14(19)16(13)25)30-20-18(27)17(26)15(24)12(6-21)31-20/h2-5,12,15,17-18,20-24,26-27H,6H2,1H3/t12-,15-,17+,18-,20-/m0/s1. The topological polar surface area (TPSA) is 179 Å². The summed E-state index contributed by atoms with van der Waals surface area (Å²) in [5, 5.41) is 59.4. The highest BCUT2D eigenvalue weighted by Crippen LogP contribution is 2.37. The number of hydrogen-bond acceptors (Lipinski definition) is 11. The van der Waals surface area contributed by atoms with E-state index >= 15 is 0 Å². The molecular weight excluding hydrogens is 416 g/mol. The van der Waals surface area contributed by atoms with E-state index in [4.69, 9.17) is 18.6 Å². The predicted octanol–water partition coefficient (Wildman–Crippen LogP) is -0.455. The van der Waals surface area contributed by atoms with Crippen LogP contribution >= 0.6 is 0 Å². The molecule has 1 aliphatic heterocycles. The molecule has 0 unspecified atom stereocenters. The molecule has 3 aromatic rings. The second-order valence-electron chi connectivity index (χ2n) is 7.05. The van der Waals surface area contributed by atoms with Gasteiger partial charge < -0.3 is 49.3 Å². The van der Waals surface area contributed by atoms with Gasteiger partial charge in [0, 0.05) is 12.1 Å². The Balaban J connectivity index is 1.87. The van der Waals surface area contributed by atoms with Crippen LogP contribution in [0, 0.1) is 0 Å². The van der Waals surface area contributed by atoms with Crippen molar-refractivity contribution in [3.05, 3.63) is 34.5 Å². The van der Waals surface area contributed by atoms with E-state index in [1.165, 1.54) is 31.4 Å². The molecule has 5 atom stereocenters. The number of aromatic hydroxyl groups is 2. The van der Waals surface area contributed by atoms with Gasteiger partial charge in [-0.25, -0.2) is 0 Å². The number of ether oxygens (including phenoxy) is 3. The Morgan fingerprint density at radius 2 is 1.74 bits per heavy atom. The monoisotopic (exact) mass is 436 g/mol. The molecule has 0 saturated carbocycles. The van der Waals surface area contributed by atoms with E-state index in [9.17, 15) is 35.4 Å². The highest BCUT2D eigenvalue weighted by Gasteiger charge is 2.45. The zero-order valence-electron chi connectivity index (χ0n) is 16.1. The molecule has 2 aromatic carbocycles. The number of phenolic OH excluding ortho intramolecular Hbond substituents is 2. The molecule has 166 valence electrons. The Labute approximate surface area is 173 Å². The Kier molecular flexibility index (Phi) is 5.37. The van der Waals surface area contributed by atoms with Crippen LogP contribution < -0.4 is 14.9 Å². The highest BCUT2D eigenvalue weighted by atomic mass is 16.7. The van der Waals surface area contributed by atoms with E-state index in [0.29, 0.717) is 0 Å². The van der Waals surface area contributed by atoms with Crippen molar-refractivity contribution >= 4 is 21.9 Å². The summed E-state index contributed by atoms with van der Waals surface area (Å²) in [6.45, 7) is -0.663. The molecule has 1 aliphatic rings. The molecule has 11 heteroatoms. The average molecular weight is 436 g/mol. The van der Waals surface area contributed by atoms with Gasteiger partial charge in [-0.1, -0.05) is 0 Å². The molecule has 4 rings (SSSR count). The molecular formula is C20H20O11. The molecule has 11 nitrogen and oxygen atoms in total. The summed E-state index contributed by atoms with van der Waals surface area (Å²) in [6, 6.07) is 4.96. The molecule has 31 heavy (non-hydrogen) atoms. The minimum atomic E-state index is -1.72. The lowest BCUT2D eigenvalue weighted by Gasteiger charge is -2.39. The number of methoxy groups -OCH3 is 1. The summed E-state index contributed by atoms with van der Waals surface area (Å²) < 4.78 is 21.5.